The fourth-order valence-corrected chi connectivity index (χ4v) is 2.79. The van der Waals surface area contributed by atoms with Crippen molar-refractivity contribution in [2.45, 2.75) is 6.61 Å². The molecule has 0 aliphatic rings. The topological polar surface area (TPSA) is 52.1 Å². The van der Waals surface area contributed by atoms with Gasteiger partial charge in [0.05, 0.1) is 31.1 Å². The van der Waals surface area contributed by atoms with Crippen molar-refractivity contribution < 1.29 is 14.2 Å². The number of benzene rings is 3. The van der Waals surface area contributed by atoms with Crippen LogP contribution >= 0.6 is 11.6 Å². The number of nitrogens with one attached hydrogen (secondary N) is 1. The predicted octanol–water partition coefficient (Wildman–Crippen LogP) is 5.38. The summed E-state index contributed by atoms with van der Waals surface area (Å²) in [5, 5.41) is 4.75. The molecule has 6 heteroatoms. The molecule has 0 heterocycles. The largest absolute Gasteiger partial charge is 0.495 e. The van der Waals surface area contributed by atoms with Gasteiger partial charge < -0.3 is 14.2 Å². The molecule has 0 fully saturated rings. The first-order chi connectivity index (χ1) is 13.7. The van der Waals surface area contributed by atoms with Crippen LogP contribution in [0.25, 0.3) is 0 Å². The van der Waals surface area contributed by atoms with Gasteiger partial charge in [-0.1, -0.05) is 41.9 Å². The fraction of sp³-hybridized carbons (Fsp3) is 0.136. The standard InChI is InChI=1S/C22H21ClN2O3/c1-26-20-11-9-18(13-19(20)23)25-24-14-17-8-10-21(22(12-17)27-2)28-15-16-6-4-3-5-7-16/h3-14,25H,15H2,1-2H3/b24-14+. The van der Waals surface area contributed by atoms with Crippen molar-refractivity contribution in [2.75, 3.05) is 19.6 Å². The number of hydrogen-bond donors (Lipinski definition) is 1. The third kappa shape index (κ3) is 5.18. The van der Waals surface area contributed by atoms with Gasteiger partial charge in [-0.15, -0.1) is 0 Å². The van der Waals surface area contributed by atoms with Crippen LogP contribution in [0.15, 0.2) is 71.8 Å². The van der Waals surface area contributed by atoms with E-state index in [4.69, 9.17) is 25.8 Å². The van der Waals surface area contributed by atoms with E-state index in [0.717, 1.165) is 16.8 Å². The van der Waals surface area contributed by atoms with Gasteiger partial charge in [0.2, 0.25) is 0 Å². The van der Waals surface area contributed by atoms with Crippen molar-refractivity contribution in [1.29, 1.82) is 0 Å². The van der Waals surface area contributed by atoms with E-state index in [2.05, 4.69) is 10.5 Å². The number of nitrogens with zero attached hydrogens (tertiary/aromatic N) is 1. The van der Waals surface area contributed by atoms with Gasteiger partial charge in [0.15, 0.2) is 11.5 Å². The van der Waals surface area contributed by atoms with Crippen molar-refractivity contribution in [3.63, 3.8) is 0 Å². The summed E-state index contributed by atoms with van der Waals surface area (Å²) in [6.07, 6.45) is 1.70. The molecule has 0 aromatic heterocycles. The molecule has 0 spiro atoms. The molecule has 0 aliphatic carbocycles. The predicted molar refractivity (Wildman–Crippen MR) is 113 cm³/mol. The van der Waals surface area contributed by atoms with Crippen LogP contribution < -0.4 is 19.6 Å². The van der Waals surface area contributed by atoms with Crippen molar-refractivity contribution in [3.05, 3.63) is 82.9 Å². The first-order valence-electron chi connectivity index (χ1n) is 8.67. The smallest absolute Gasteiger partial charge is 0.161 e. The number of ether oxygens (including phenoxy) is 3. The summed E-state index contributed by atoms with van der Waals surface area (Å²) in [6.45, 7) is 0.477. The molecule has 3 rings (SSSR count). The van der Waals surface area contributed by atoms with Gasteiger partial charge in [-0.2, -0.15) is 5.10 Å². The summed E-state index contributed by atoms with van der Waals surface area (Å²) in [6, 6.07) is 21.0. The lowest BCUT2D eigenvalue weighted by Crippen LogP contribution is -1.98. The van der Waals surface area contributed by atoms with Crippen LogP contribution in [0.5, 0.6) is 17.2 Å². The molecule has 3 aromatic rings. The number of anilines is 1. The highest BCUT2D eigenvalue weighted by Gasteiger charge is 2.06. The second kappa shape index (κ2) is 9.67. The number of hydrogen-bond acceptors (Lipinski definition) is 5. The Morgan fingerprint density at radius 2 is 1.64 bits per heavy atom. The summed E-state index contributed by atoms with van der Waals surface area (Å²) in [5.74, 6) is 1.94. The van der Waals surface area contributed by atoms with Crippen LogP contribution in [-0.4, -0.2) is 20.4 Å². The van der Waals surface area contributed by atoms with Crippen molar-refractivity contribution >= 4 is 23.5 Å². The van der Waals surface area contributed by atoms with E-state index in [9.17, 15) is 0 Å². The molecule has 0 aliphatic heterocycles. The normalized spacial score (nSPS) is 10.7. The van der Waals surface area contributed by atoms with Crippen LogP contribution in [0.2, 0.25) is 5.02 Å². The Hall–Kier alpha value is -3.18. The first kappa shape index (κ1) is 19.6. The van der Waals surface area contributed by atoms with Crippen molar-refractivity contribution in [3.8, 4) is 17.2 Å². The average molecular weight is 397 g/mol. The van der Waals surface area contributed by atoms with Crippen LogP contribution in [0, 0.1) is 0 Å². The summed E-state index contributed by atoms with van der Waals surface area (Å²) >= 11 is 6.11. The van der Waals surface area contributed by atoms with Crippen LogP contribution in [-0.2, 0) is 6.61 Å². The van der Waals surface area contributed by atoms with E-state index in [-0.39, 0.29) is 0 Å². The Morgan fingerprint density at radius 3 is 2.36 bits per heavy atom. The molecule has 0 bridgehead atoms. The Balaban J connectivity index is 1.64. The third-order valence-electron chi connectivity index (χ3n) is 3.98. The summed E-state index contributed by atoms with van der Waals surface area (Å²) in [4.78, 5) is 0. The number of halogens is 1. The van der Waals surface area contributed by atoms with Gasteiger partial charge in [-0.05, 0) is 47.5 Å². The number of methoxy groups -OCH3 is 2. The van der Waals surface area contributed by atoms with E-state index >= 15 is 0 Å². The molecule has 144 valence electrons. The molecule has 0 unspecified atom stereocenters. The third-order valence-corrected chi connectivity index (χ3v) is 4.28. The van der Waals surface area contributed by atoms with Gasteiger partial charge in [0, 0.05) is 0 Å². The van der Waals surface area contributed by atoms with E-state index in [1.165, 1.54) is 0 Å². The first-order valence-corrected chi connectivity index (χ1v) is 9.05. The highest BCUT2D eigenvalue weighted by atomic mass is 35.5. The molecule has 0 atom stereocenters. The lowest BCUT2D eigenvalue weighted by atomic mass is 10.2. The molecule has 3 aromatic carbocycles. The lowest BCUT2D eigenvalue weighted by molar-refractivity contribution is 0.284. The fourth-order valence-electron chi connectivity index (χ4n) is 2.54. The van der Waals surface area contributed by atoms with Gasteiger partial charge in [-0.3, -0.25) is 5.43 Å². The maximum atomic E-state index is 6.11. The van der Waals surface area contributed by atoms with E-state index < -0.39 is 0 Å². The highest BCUT2D eigenvalue weighted by Crippen LogP contribution is 2.29. The van der Waals surface area contributed by atoms with Crippen LogP contribution in [0.4, 0.5) is 5.69 Å². The van der Waals surface area contributed by atoms with E-state index in [1.54, 1.807) is 32.6 Å². The van der Waals surface area contributed by atoms with E-state index in [1.807, 2.05) is 54.6 Å². The van der Waals surface area contributed by atoms with Crippen LogP contribution in [0.1, 0.15) is 11.1 Å². The maximum Gasteiger partial charge on any atom is 0.161 e. The zero-order valence-electron chi connectivity index (χ0n) is 15.7. The van der Waals surface area contributed by atoms with Crippen LogP contribution in [0.3, 0.4) is 0 Å². The molecule has 0 saturated heterocycles. The molecular weight excluding hydrogens is 376 g/mol. The zero-order chi connectivity index (χ0) is 19.8. The Labute approximate surface area is 169 Å². The molecule has 28 heavy (non-hydrogen) atoms. The molecule has 0 saturated carbocycles. The summed E-state index contributed by atoms with van der Waals surface area (Å²) in [5.41, 5.74) is 5.67. The minimum Gasteiger partial charge on any atom is -0.495 e. The second-order valence-electron chi connectivity index (χ2n) is 5.90. The Morgan fingerprint density at radius 1 is 0.893 bits per heavy atom. The van der Waals surface area contributed by atoms with Gasteiger partial charge in [0.1, 0.15) is 12.4 Å². The van der Waals surface area contributed by atoms with Gasteiger partial charge in [-0.25, -0.2) is 0 Å². The molecule has 1 N–H and O–H groups in total. The molecular formula is C22H21ClN2O3. The van der Waals surface area contributed by atoms with Crippen molar-refractivity contribution in [1.82, 2.24) is 0 Å². The SMILES string of the molecule is COc1ccc(N/N=C/c2ccc(OCc3ccccc3)c(OC)c2)cc1Cl. The quantitative estimate of drug-likeness (QED) is 0.410. The summed E-state index contributed by atoms with van der Waals surface area (Å²) in [7, 11) is 3.19. The van der Waals surface area contributed by atoms with Gasteiger partial charge >= 0.3 is 0 Å². The minimum absolute atomic E-state index is 0.477. The monoisotopic (exact) mass is 396 g/mol. The maximum absolute atomic E-state index is 6.11. The highest BCUT2D eigenvalue weighted by molar-refractivity contribution is 6.32. The van der Waals surface area contributed by atoms with E-state index in [0.29, 0.717) is 28.9 Å². The summed E-state index contributed by atoms with van der Waals surface area (Å²) < 4.78 is 16.4. The second-order valence-corrected chi connectivity index (χ2v) is 6.31. The molecule has 0 amide bonds. The lowest BCUT2D eigenvalue weighted by Gasteiger charge is -2.11. The Kier molecular flexibility index (Phi) is 6.76. The number of rotatable bonds is 8. The molecule has 5 nitrogen and oxygen atoms in total. The zero-order valence-corrected chi connectivity index (χ0v) is 16.4. The number of hydrazone groups is 1. The average Bonchev–Trinajstić information content (AvgIpc) is 2.73. The van der Waals surface area contributed by atoms with Gasteiger partial charge in [0.25, 0.3) is 0 Å². The minimum atomic E-state index is 0.477. The Bertz CT molecular complexity index is 946. The molecule has 0 radical (unpaired) electrons. The van der Waals surface area contributed by atoms with Crippen molar-refractivity contribution in [2.24, 2.45) is 5.10 Å².